The molecule has 0 saturated heterocycles. The van der Waals surface area contributed by atoms with Crippen molar-refractivity contribution in [2.24, 2.45) is 0 Å². The molecule has 190 valence electrons. The van der Waals surface area contributed by atoms with Crippen molar-refractivity contribution in [1.29, 1.82) is 0 Å². The Bertz CT molecular complexity index is 2010. The van der Waals surface area contributed by atoms with Gasteiger partial charge in [0, 0.05) is 44.1 Å². The average molecular weight is 550 g/mol. The third kappa shape index (κ3) is 2.50. The van der Waals surface area contributed by atoms with Gasteiger partial charge in [0.2, 0.25) is 0 Å². The molecular weight excluding hydrogens is 527 g/mol. The van der Waals surface area contributed by atoms with Gasteiger partial charge in [-0.15, -0.1) is 0 Å². The van der Waals surface area contributed by atoms with Gasteiger partial charge in [-0.1, -0.05) is 96.7 Å². The zero-order valence-corrected chi connectivity index (χ0v) is 23.1. The van der Waals surface area contributed by atoms with Gasteiger partial charge in [0.05, 0.1) is 11.4 Å². The van der Waals surface area contributed by atoms with Crippen LogP contribution in [0.3, 0.4) is 0 Å². The van der Waals surface area contributed by atoms with Gasteiger partial charge in [-0.3, -0.25) is 4.21 Å². The van der Waals surface area contributed by atoms with Crippen LogP contribution in [-0.2, 0) is 9.07 Å². The second kappa shape index (κ2) is 7.63. The number of hydrogen-bond donors (Lipinski definition) is 0. The maximum Gasteiger partial charge on any atom is 0.0601 e. The summed E-state index contributed by atoms with van der Waals surface area (Å²) in [5.74, 6) is 0. The molecule has 4 heteroatoms. The topological polar surface area (TPSA) is 20.3 Å². The fraction of sp³-hybridized carbons (Fsp3) is 0. The van der Waals surface area contributed by atoms with Gasteiger partial charge in [0.25, 0.3) is 0 Å². The summed E-state index contributed by atoms with van der Waals surface area (Å²) in [4.78, 5) is 8.40. The highest BCUT2D eigenvalue weighted by Crippen LogP contribution is 2.71. The number of fused-ring (bicyclic) bond motifs is 12. The van der Waals surface area contributed by atoms with Crippen LogP contribution in [0, 0.1) is 0 Å². The molecule has 0 saturated carbocycles. The molecule has 0 bridgehead atoms. The van der Waals surface area contributed by atoms with Gasteiger partial charge in [-0.25, -0.2) is 0 Å². The summed E-state index contributed by atoms with van der Waals surface area (Å²) in [5.41, 5.74) is 7.53. The SMILES string of the molecule is O=S12(c3ccccc3-c3ccccc31)c1ccccc1-c1ccc(N3c4ccccc4Sc4ccccc43)cc12. The quantitative estimate of drug-likeness (QED) is 0.203. The molecule has 0 fully saturated rings. The van der Waals surface area contributed by atoms with Crippen LogP contribution in [0.5, 0.6) is 0 Å². The molecule has 1 spiro atoms. The van der Waals surface area contributed by atoms with E-state index >= 15 is 4.21 Å². The Hall–Kier alpha value is -4.38. The first-order chi connectivity index (χ1) is 19.7. The van der Waals surface area contributed by atoms with Crippen LogP contribution >= 0.6 is 11.8 Å². The maximum atomic E-state index is 16.8. The first-order valence-corrected chi connectivity index (χ1v) is 16.2. The Morgan fingerprint density at radius 1 is 0.450 bits per heavy atom. The predicted molar refractivity (Wildman–Crippen MR) is 164 cm³/mol. The van der Waals surface area contributed by atoms with E-state index in [1.54, 1.807) is 11.8 Å². The smallest absolute Gasteiger partial charge is 0.0601 e. The molecule has 0 atom stereocenters. The highest BCUT2D eigenvalue weighted by molar-refractivity contribution is 8.21. The van der Waals surface area contributed by atoms with E-state index in [0.29, 0.717) is 0 Å². The van der Waals surface area contributed by atoms with Gasteiger partial charge in [0.15, 0.2) is 0 Å². The molecule has 3 aliphatic heterocycles. The largest absolute Gasteiger partial charge is 0.308 e. The first-order valence-electron chi connectivity index (χ1n) is 13.4. The molecule has 3 heterocycles. The molecule has 0 N–H and O–H groups in total. The van der Waals surface area contributed by atoms with Gasteiger partial charge in [0.1, 0.15) is 0 Å². The Morgan fingerprint density at radius 2 is 0.875 bits per heavy atom. The lowest BCUT2D eigenvalue weighted by molar-refractivity contribution is 0.658. The van der Waals surface area contributed by atoms with Gasteiger partial charge < -0.3 is 4.90 Å². The third-order valence-corrected chi connectivity index (χ3v) is 14.5. The van der Waals surface area contributed by atoms with E-state index in [-0.39, 0.29) is 0 Å². The van der Waals surface area contributed by atoms with E-state index in [2.05, 4.69) is 126 Å². The molecule has 0 amide bonds. The second-order valence-corrected chi connectivity index (χ2v) is 15.2. The Balaban J connectivity index is 1.41. The van der Waals surface area contributed by atoms with E-state index < -0.39 is 9.07 Å². The molecule has 3 aliphatic rings. The zero-order valence-electron chi connectivity index (χ0n) is 21.5. The standard InChI is InChI=1S/C36H23NOS2/c38-40(33-18-8-1-11-25(33)26-12-2-9-19-34(26)40)35-20-10-3-13-27(35)28-22-21-24(23-36(28)40)37-29-14-4-6-16-31(29)39-32-17-7-5-15-30(32)37/h1-23H. The molecule has 2 nitrogen and oxygen atoms in total. The van der Waals surface area contributed by atoms with Crippen LogP contribution in [0.25, 0.3) is 22.3 Å². The van der Waals surface area contributed by atoms with Crippen LogP contribution in [0.1, 0.15) is 0 Å². The van der Waals surface area contributed by atoms with E-state index in [1.807, 2.05) is 18.2 Å². The molecule has 6 aromatic carbocycles. The van der Waals surface area contributed by atoms with Gasteiger partial charge in [-0.2, -0.15) is 0 Å². The molecule has 6 aromatic rings. The van der Waals surface area contributed by atoms with Crippen molar-refractivity contribution in [3.05, 3.63) is 140 Å². The first kappa shape index (κ1) is 22.4. The molecule has 40 heavy (non-hydrogen) atoms. The third-order valence-electron chi connectivity index (χ3n) is 8.58. The van der Waals surface area contributed by atoms with Crippen molar-refractivity contribution in [1.82, 2.24) is 0 Å². The van der Waals surface area contributed by atoms with Crippen molar-refractivity contribution >= 4 is 37.9 Å². The lowest BCUT2D eigenvalue weighted by atomic mass is 10.0. The minimum absolute atomic E-state index is 0.904. The van der Waals surface area contributed by atoms with Crippen molar-refractivity contribution in [2.75, 3.05) is 4.90 Å². The summed E-state index contributed by atoms with van der Waals surface area (Å²) in [7, 11) is -3.88. The fourth-order valence-electron chi connectivity index (χ4n) is 6.97. The molecule has 0 radical (unpaired) electrons. The van der Waals surface area contributed by atoms with E-state index in [4.69, 9.17) is 0 Å². The van der Waals surface area contributed by atoms with Crippen molar-refractivity contribution in [2.45, 2.75) is 29.4 Å². The highest BCUT2D eigenvalue weighted by atomic mass is 32.3. The summed E-state index contributed by atoms with van der Waals surface area (Å²) in [5, 5.41) is 0. The van der Waals surface area contributed by atoms with Crippen LogP contribution < -0.4 is 4.90 Å². The number of benzene rings is 6. The molecule has 0 aromatic heterocycles. The second-order valence-electron chi connectivity index (χ2n) is 10.5. The highest BCUT2D eigenvalue weighted by Gasteiger charge is 2.57. The van der Waals surface area contributed by atoms with E-state index in [0.717, 1.165) is 58.9 Å². The number of para-hydroxylation sites is 2. The summed E-state index contributed by atoms with van der Waals surface area (Å²) in [6.45, 7) is 0. The Kier molecular flexibility index (Phi) is 4.28. The number of nitrogens with zero attached hydrogens (tertiary/aromatic N) is 1. The summed E-state index contributed by atoms with van der Waals surface area (Å²) in [6.07, 6.45) is 0. The van der Waals surface area contributed by atoms with Crippen LogP contribution in [0.2, 0.25) is 0 Å². The van der Waals surface area contributed by atoms with Crippen molar-refractivity contribution in [3.63, 3.8) is 0 Å². The molecular formula is C36H23NOS2. The monoisotopic (exact) mass is 549 g/mol. The lowest BCUT2D eigenvalue weighted by Gasteiger charge is -2.39. The van der Waals surface area contributed by atoms with Crippen molar-refractivity contribution in [3.8, 4) is 22.3 Å². The molecule has 0 aliphatic carbocycles. The number of rotatable bonds is 1. The molecule has 9 rings (SSSR count). The van der Waals surface area contributed by atoms with Crippen LogP contribution in [-0.4, -0.2) is 4.21 Å². The Morgan fingerprint density at radius 3 is 1.40 bits per heavy atom. The zero-order chi connectivity index (χ0) is 26.5. The van der Waals surface area contributed by atoms with E-state index in [1.165, 1.54) is 9.79 Å². The Labute approximate surface area is 237 Å². The van der Waals surface area contributed by atoms with Crippen molar-refractivity contribution < 1.29 is 4.21 Å². The molecule has 0 unspecified atom stereocenters. The minimum Gasteiger partial charge on any atom is -0.308 e. The van der Waals surface area contributed by atoms with E-state index in [9.17, 15) is 0 Å². The number of hydrogen-bond acceptors (Lipinski definition) is 3. The summed E-state index contributed by atoms with van der Waals surface area (Å²) in [6, 6.07) is 48.6. The lowest BCUT2D eigenvalue weighted by Crippen LogP contribution is -2.30. The summed E-state index contributed by atoms with van der Waals surface area (Å²) >= 11 is 1.80. The minimum atomic E-state index is -3.88. The maximum absolute atomic E-state index is 16.8. The normalized spacial score (nSPS) is 17.0. The van der Waals surface area contributed by atoms with Crippen LogP contribution in [0.4, 0.5) is 17.1 Å². The fourth-order valence-corrected chi connectivity index (χ4v) is 13.2. The predicted octanol–water partition coefficient (Wildman–Crippen LogP) is 9.94. The number of anilines is 3. The summed E-state index contributed by atoms with van der Waals surface area (Å²) < 4.78 is 16.8. The van der Waals surface area contributed by atoms with Gasteiger partial charge >= 0.3 is 0 Å². The van der Waals surface area contributed by atoms with Gasteiger partial charge in [-0.05, 0) is 76.9 Å². The average Bonchev–Trinajstić information content (AvgIpc) is 3.40. The van der Waals surface area contributed by atoms with Crippen LogP contribution in [0.15, 0.2) is 169 Å².